The Morgan fingerprint density at radius 2 is 0.645 bits per heavy atom. The van der Waals surface area contributed by atoms with Crippen molar-refractivity contribution in [3.05, 3.63) is 58.2 Å². The Bertz CT molecular complexity index is 3980. The van der Waals surface area contributed by atoms with Crippen molar-refractivity contribution in [3.63, 3.8) is 0 Å². The van der Waals surface area contributed by atoms with E-state index in [4.69, 9.17) is 0 Å². The van der Waals surface area contributed by atoms with Crippen LogP contribution >= 0.6 is 0 Å². The van der Waals surface area contributed by atoms with Crippen molar-refractivity contribution in [1.29, 1.82) is 0 Å². The van der Waals surface area contributed by atoms with Crippen molar-refractivity contribution < 1.29 is 38.7 Å². The van der Waals surface area contributed by atoms with Gasteiger partial charge in [-0.15, -0.1) is 0 Å². The molecule has 8 nitrogen and oxygen atoms in total. The maximum absolute atomic E-state index is 13.0. The van der Waals surface area contributed by atoms with E-state index < -0.39 is 10.8 Å². The van der Waals surface area contributed by atoms with Crippen LogP contribution in [0.1, 0.15) is 442 Å². The molecule has 0 aliphatic heterocycles. The van der Waals surface area contributed by atoms with Gasteiger partial charge in [0, 0.05) is 55.8 Å². The molecule has 0 radical (unpaired) electrons. The molecule has 124 heavy (non-hydrogen) atoms. The summed E-state index contributed by atoms with van der Waals surface area (Å²) in [6.45, 7) is 57.1. The molecule has 18 aliphatic carbocycles. The van der Waals surface area contributed by atoms with E-state index in [0.29, 0.717) is 180 Å². The fraction of sp³-hybridized carbons (Fsp3) is 0.853. The average molecular weight is 1710 g/mol. The number of aliphatic hydroxyl groups excluding tert-OH is 1. The number of aldehydes is 1. The van der Waals surface area contributed by atoms with Gasteiger partial charge in [0.15, 0.2) is 5.78 Å². The van der Waals surface area contributed by atoms with Crippen LogP contribution in [0.3, 0.4) is 0 Å². The van der Waals surface area contributed by atoms with E-state index in [9.17, 15) is 38.7 Å². The molecule has 25 unspecified atom stereocenters. The molecule has 696 valence electrons. The van der Waals surface area contributed by atoms with Crippen LogP contribution in [0.2, 0.25) is 0 Å². The molecule has 0 spiro atoms. The van der Waals surface area contributed by atoms with Crippen molar-refractivity contribution in [2.75, 3.05) is 6.61 Å². The smallest absolute Gasteiger partial charge is 0.158 e. The van der Waals surface area contributed by atoms with Crippen molar-refractivity contribution in [2.45, 2.75) is 442 Å². The number of ketones is 6. The molecule has 0 saturated heterocycles. The zero-order valence-electron chi connectivity index (χ0n) is 84.2. The average Bonchev–Trinajstić information content (AvgIpc) is 1.24. The molecule has 13 saturated carbocycles. The van der Waals surface area contributed by atoms with Gasteiger partial charge in [-0.2, -0.15) is 0 Å². The SMILES string of the molecule is CC1=CC(=O)C2CCC3C(C)(C)CCCC3(C)C2CC1.CC1=CCC2C(C=O)(CCC3C(C)(C)CCCC32C)C(=O)C1.CC1=CCC2C(CCC3C(C)(C)CCCC23C)C(=O)C1.CC1=CCC2C(CCC3C(C)(C)CCCC23C)C(=O)C1.CC1=CCC2C(CO)(CCC3C(C)(C)CCCC32C)C(=O)C1.CC1CCC2C(CCC3C(C)(C)CCCC23C)C(=O)C1. The summed E-state index contributed by atoms with van der Waals surface area (Å²) in [4.78, 5) is 88.4. The predicted molar refractivity (Wildman–Crippen MR) is 512 cm³/mol. The Morgan fingerprint density at radius 3 is 1.06 bits per heavy atom. The summed E-state index contributed by atoms with van der Waals surface area (Å²) in [7, 11) is 0. The number of rotatable bonds is 2. The van der Waals surface area contributed by atoms with Crippen molar-refractivity contribution in [3.8, 4) is 0 Å². The fourth-order valence-electron chi connectivity index (χ4n) is 37.0. The fourth-order valence-corrected chi connectivity index (χ4v) is 37.0. The van der Waals surface area contributed by atoms with Crippen LogP contribution in [0, 0.1) is 176 Å². The second-order valence-electron chi connectivity index (χ2n) is 53.1. The number of carbonyl (C=O) groups is 7. The lowest BCUT2D eigenvalue weighted by atomic mass is 9.42. The van der Waals surface area contributed by atoms with Gasteiger partial charge in [-0.05, 0) is 388 Å². The first-order valence-corrected chi connectivity index (χ1v) is 52.5. The first-order valence-electron chi connectivity index (χ1n) is 52.5. The molecule has 18 rings (SSSR count). The normalized spacial score (nSPS) is 44.9. The highest BCUT2D eigenvalue weighted by atomic mass is 16.3. The standard InChI is InChI=1S/C20H32O2.C20H30O2.C19H32O.3C19H30O/c2*1-14-6-7-16-19(4)10-5-9-18(2,3)15(19)8-11-20(16,13-21)17(22)12-14;4*1-13-6-8-15-14(16(20)12-13)7-9-17-18(2,3)10-5-11-19(15,17)4/h6,15-16,21H,5,7-13H2,1-4H3;6,13,15-16H,5,7-12H2,1-4H3;13-15,17H,5-12H2,1-4H3;12,14-15,17H,5-11H2,1-4H3;2*6,14-15,17H,5,7-12H2,1-4H3. The van der Waals surface area contributed by atoms with Gasteiger partial charge in [0.05, 0.1) is 17.4 Å². The Labute approximate surface area is 758 Å². The first-order chi connectivity index (χ1) is 57.9. The number of hydrogen-bond acceptors (Lipinski definition) is 8. The van der Waals surface area contributed by atoms with E-state index >= 15 is 0 Å². The zero-order valence-corrected chi connectivity index (χ0v) is 84.2. The van der Waals surface area contributed by atoms with Crippen LogP contribution < -0.4 is 0 Å². The van der Waals surface area contributed by atoms with Crippen molar-refractivity contribution in [2.24, 2.45) is 176 Å². The minimum atomic E-state index is -0.715. The van der Waals surface area contributed by atoms with Gasteiger partial charge in [0.25, 0.3) is 0 Å². The van der Waals surface area contributed by atoms with Crippen LogP contribution in [-0.2, 0) is 33.6 Å². The predicted octanol–water partition coefficient (Wildman–Crippen LogP) is 29.9. The lowest BCUT2D eigenvalue weighted by Crippen LogP contribution is -2.58. The summed E-state index contributed by atoms with van der Waals surface area (Å²) >= 11 is 0. The van der Waals surface area contributed by atoms with E-state index in [1.54, 1.807) is 0 Å². The Hall–Kier alpha value is -3.65. The first kappa shape index (κ1) is 97.9. The maximum atomic E-state index is 13.0. The van der Waals surface area contributed by atoms with Gasteiger partial charge in [-0.25, -0.2) is 0 Å². The Morgan fingerprint density at radius 1 is 0.315 bits per heavy atom. The monoisotopic (exact) mass is 1710 g/mol. The lowest BCUT2D eigenvalue weighted by Gasteiger charge is -2.62. The highest BCUT2D eigenvalue weighted by Crippen LogP contribution is 2.71. The molecule has 0 bridgehead atoms. The maximum Gasteiger partial charge on any atom is 0.158 e. The van der Waals surface area contributed by atoms with E-state index in [1.165, 1.54) is 189 Å². The Kier molecular flexibility index (Phi) is 28.7. The Balaban J connectivity index is 0.000000128. The van der Waals surface area contributed by atoms with E-state index in [2.05, 4.69) is 184 Å². The number of Topliss-reactive ketones (excluding diaryl/α,β-unsaturated/α-hetero) is 5. The van der Waals surface area contributed by atoms with Crippen molar-refractivity contribution >= 4 is 41.0 Å². The summed E-state index contributed by atoms with van der Waals surface area (Å²) < 4.78 is 0. The van der Waals surface area contributed by atoms with Gasteiger partial charge in [-0.1, -0.05) is 222 Å². The van der Waals surface area contributed by atoms with E-state index in [-0.39, 0.29) is 29.1 Å². The van der Waals surface area contributed by atoms with Gasteiger partial charge >= 0.3 is 0 Å². The molecule has 0 aromatic heterocycles. The molecule has 0 heterocycles. The highest BCUT2D eigenvalue weighted by molar-refractivity contribution is 6.00. The number of hydrogen-bond donors (Lipinski definition) is 1. The highest BCUT2D eigenvalue weighted by Gasteiger charge is 2.66. The number of fused-ring (bicyclic) bond motifs is 18. The third-order valence-electron chi connectivity index (χ3n) is 43.2. The van der Waals surface area contributed by atoms with E-state index in [0.717, 1.165) is 119 Å². The van der Waals surface area contributed by atoms with Crippen LogP contribution in [0.4, 0.5) is 0 Å². The van der Waals surface area contributed by atoms with Crippen LogP contribution in [0.5, 0.6) is 0 Å². The third kappa shape index (κ3) is 18.1. The van der Waals surface area contributed by atoms with Crippen LogP contribution in [0.25, 0.3) is 0 Å². The molecular formula is C116H184O8. The largest absolute Gasteiger partial charge is 0.395 e. The minimum absolute atomic E-state index is 0.0420. The lowest BCUT2D eigenvalue weighted by molar-refractivity contribution is -0.166. The molecule has 0 aromatic carbocycles. The number of aliphatic hydroxyl groups is 1. The van der Waals surface area contributed by atoms with Crippen LogP contribution in [-0.4, -0.2) is 52.7 Å². The number of carbonyl (C=O) groups excluding carboxylic acids is 7. The summed E-state index contributed by atoms with van der Waals surface area (Å²) in [6.07, 6.45) is 61.9. The molecule has 1 N–H and O–H groups in total. The van der Waals surface area contributed by atoms with Gasteiger partial charge < -0.3 is 9.90 Å². The molecule has 0 amide bonds. The molecular weight excluding hydrogens is 1520 g/mol. The molecule has 18 aliphatic rings. The summed E-state index contributed by atoms with van der Waals surface area (Å²) in [5.41, 5.74) is 9.58. The quantitative estimate of drug-likeness (QED) is 0.164. The van der Waals surface area contributed by atoms with Gasteiger partial charge in [-0.3, -0.25) is 28.8 Å². The molecule has 8 heteroatoms. The van der Waals surface area contributed by atoms with Gasteiger partial charge in [0.2, 0.25) is 0 Å². The second-order valence-corrected chi connectivity index (χ2v) is 53.1. The second kappa shape index (κ2) is 36.4. The van der Waals surface area contributed by atoms with E-state index in [1.807, 2.05) is 13.0 Å². The van der Waals surface area contributed by atoms with Gasteiger partial charge in [0.1, 0.15) is 35.2 Å². The minimum Gasteiger partial charge on any atom is -0.395 e. The summed E-state index contributed by atoms with van der Waals surface area (Å²) in [5.74, 6) is 12.2. The van der Waals surface area contributed by atoms with Crippen molar-refractivity contribution in [1.82, 2.24) is 0 Å². The summed E-state index contributed by atoms with van der Waals surface area (Å²) in [6, 6.07) is 0. The third-order valence-corrected chi connectivity index (χ3v) is 43.2. The zero-order chi connectivity index (χ0) is 90.5. The summed E-state index contributed by atoms with van der Waals surface area (Å²) in [5, 5.41) is 10.2. The van der Waals surface area contributed by atoms with Crippen LogP contribution in [0.15, 0.2) is 58.2 Å². The molecule has 25 atom stereocenters. The molecule has 0 aromatic rings. The topological polar surface area (TPSA) is 140 Å². The number of allylic oxidation sites excluding steroid dienone is 10. The molecule has 13 fully saturated rings.